The van der Waals surface area contributed by atoms with Crippen molar-refractivity contribution in [2.75, 3.05) is 18.0 Å². The topological polar surface area (TPSA) is 135 Å². The number of hydrogen-bond donors (Lipinski definition) is 2. The molecule has 1 atom stereocenters. The number of likely N-dealkylation sites (N-methyl/N-ethyl adjacent to an activating group) is 1. The first-order valence-corrected chi connectivity index (χ1v) is 14.4. The lowest BCUT2D eigenvalue weighted by Crippen LogP contribution is -2.44. The fourth-order valence-corrected chi connectivity index (χ4v) is 6.26. The van der Waals surface area contributed by atoms with E-state index in [0.717, 1.165) is 61.7 Å². The van der Waals surface area contributed by atoms with Crippen LogP contribution in [0.25, 0.3) is 33.8 Å². The van der Waals surface area contributed by atoms with Crippen LogP contribution in [0.1, 0.15) is 52.4 Å². The zero-order valence-corrected chi connectivity index (χ0v) is 23.4. The minimum atomic E-state index is -0.664. The van der Waals surface area contributed by atoms with Crippen LogP contribution < -0.4 is 16.0 Å². The molecule has 0 radical (unpaired) electrons. The first-order valence-electron chi connectivity index (χ1n) is 14.0. The fraction of sp³-hybridized carbons (Fsp3) is 0.500. The summed E-state index contributed by atoms with van der Waals surface area (Å²) < 4.78 is 7.01. The highest BCUT2D eigenvalue weighted by atomic mass is 35.5. The summed E-state index contributed by atoms with van der Waals surface area (Å²) in [7, 11) is 0. The molecule has 4 aromatic rings. The molecule has 210 valence electrons. The van der Waals surface area contributed by atoms with Crippen molar-refractivity contribution in [2.45, 2.75) is 65.0 Å². The predicted molar refractivity (Wildman–Crippen MR) is 152 cm³/mol. The van der Waals surface area contributed by atoms with Crippen LogP contribution in [0.5, 0.6) is 0 Å². The van der Waals surface area contributed by atoms with Crippen molar-refractivity contribution in [3.8, 4) is 22.8 Å². The lowest BCUT2D eigenvalue weighted by Gasteiger charge is -2.30. The van der Waals surface area contributed by atoms with E-state index in [1.807, 2.05) is 19.1 Å². The van der Waals surface area contributed by atoms with Crippen LogP contribution in [0.3, 0.4) is 0 Å². The highest BCUT2D eigenvalue weighted by Crippen LogP contribution is 2.38. The Morgan fingerprint density at radius 1 is 1.18 bits per heavy atom. The number of amides is 1. The summed E-state index contributed by atoms with van der Waals surface area (Å²) in [5, 5.41) is 7.34. The number of carbonyl (C=O) groups excluding carboxylic acids is 1. The average Bonchev–Trinajstić information content (AvgIpc) is 3.68. The van der Waals surface area contributed by atoms with E-state index in [1.165, 1.54) is 12.8 Å². The molecule has 1 aliphatic heterocycles. The van der Waals surface area contributed by atoms with Crippen molar-refractivity contribution in [2.24, 2.45) is 11.8 Å². The molecule has 0 bridgehead atoms. The van der Waals surface area contributed by atoms with Gasteiger partial charge in [-0.3, -0.25) is 19.3 Å². The van der Waals surface area contributed by atoms with Crippen LogP contribution in [-0.4, -0.2) is 54.7 Å². The molecule has 4 aromatic heterocycles. The number of aromatic amines is 1. The van der Waals surface area contributed by atoms with Crippen molar-refractivity contribution in [3.05, 3.63) is 40.1 Å². The smallest absolute Gasteiger partial charge is 0.355 e. The Balaban J connectivity index is 1.56. The van der Waals surface area contributed by atoms with Crippen LogP contribution in [0.15, 0.2) is 33.8 Å². The number of carbonyl (C=O) groups is 1. The molecule has 1 amide bonds. The third-order valence-corrected chi connectivity index (χ3v) is 8.31. The van der Waals surface area contributed by atoms with Gasteiger partial charge in [-0.1, -0.05) is 36.5 Å². The normalized spacial score (nSPS) is 21.3. The third kappa shape index (κ3) is 5.10. The number of hydrogen-bond acceptors (Lipinski definition) is 8. The van der Waals surface area contributed by atoms with E-state index >= 15 is 0 Å². The molecule has 6 rings (SSSR count). The molecular formula is C28H33ClN8O3. The molecule has 5 heterocycles. The van der Waals surface area contributed by atoms with E-state index < -0.39 is 5.76 Å². The number of imidazole rings is 1. The molecule has 0 aromatic carbocycles. The lowest BCUT2D eigenvalue weighted by atomic mass is 9.83. The largest absolute Gasteiger partial charge is 0.439 e. The molecule has 2 N–H and O–H groups in total. The fourth-order valence-electron chi connectivity index (χ4n) is 6.08. The number of rotatable bonds is 7. The Bertz CT molecular complexity index is 1590. The van der Waals surface area contributed by atoms with Gasteiger partial charge in [0.05, 0.1) is 21.7 Å². The van der Waals surface area contributed by atoms with Crippen LogP contribution in [-0.2, 0) is 11.3 Å². The maximum Gasteiger partial charge on any atom is 0.439 e. The summed E-state index contributed by atoms with van der Waals surface area (Å²) in [6.45, 7) is 6.33. The Morgan fingerprint density at radius 3 is 2.73 bits per heavy atom. The number of nitrogens with zero attached hydrogens (tertiary/aromatic N) is 6. The number of halogens is 1. The zero-order chi connectivity index (χ0) is 27.8. The molecule has 1 saturated carbocycles. The molecule has 12 heteroatoms. The molecule has 40 heavy (non-hydrogen) atoms. The van der Waals surface area contributed by atoms with Crippen LogP contribution >= 0.6 is 11.6 Å². The standard InChI is InChI=1S/C28H33ClN8O3/c1-3-31-26(38)22-5-4-10-36(22)27-33-20-12-21(25-34-28(39)40-35-25)32-23(18-11-19(29)14-30-13-18)24(20)37(27)15-17-8-6-16(2)7-9-17/h11-14,16-17,22H,3-10,15H2,1-2H3,(H,31,38)(H,34,35,39)/t16-,17-,22-/m1/s1. The molecule has 1 saturated heterocycles. The molecular weight excluding hydrogens is 532 g/mol. The molecule has 2 fully saturated rings. The summed E-state index contributed by atoms with van der Waals surface area (Å²) >= 11 is 6.37. The molecule has 0 spiro atoms. The number of nitrogens with one attached hydrogen (secondary N) is 2. The van der Waals surface area contributed by atoms with Gasteiger partial charge in [0.1, 0.15) is 11.7 Å². The molecule has 1 aliphatic carbocycles. The Labute approximate surface area is 236 Å². The number of H-pyrrole nitrogens is 1. The van der Waals surface area contributed by atoms with E-state index in [-0.39, 0.29) is 17.8 Å². The van der Waals surface area contributed by atoms with Gasteiger partial charge in [0.25, 0.3) is 0 Å². The van der Waals surface area contributed by atoms with Gasteiger partial charge in [-0.2, -0.15) is 0 Å². The Hall–Kier alpha value is -3.73. The monoisotopic (exact) mass is 564 g/mol. The van der Waals surface area contributed by atoms with Crippen molar-refractivity contribution in [1.82, 2.24) is 35.0 Å². The quantitative estimate of drug-likeness (QED) is 0.337. The highest BCUT2D eigenvalue weighted by molar-refractivity contribution is 6.30. The van der Waals surface area contributed by atoms with Gasteiger partial charge in [0.2, 0.25) is 17.7 Å². The first-order chi connectivity index (χ1) is 19.4. The van der Waals surface area contributed by atoms with E-state index in [9.17, 15) is 9.59 Å². The van der Waals surface area contributed by atoms with Crippen LogP contribution in [0.2, 0.25) is 5.02 Å². The number of pyridine rings is 2. The Morgan fingerprint density at radius 2 is 2.00 bits per heavy atom. The maximum absolute atomic E-state index is 13.1. The predicted octanol–water partition coefficient (Wildman–Crippen LogP) is 4.42. The van der Waals surface area contributed by atoms with E-state index in [0.29, 0.717) is 34.4 Å². The van der Waals surface area contributed by atoms with Gasteiger partial charge in [0.15, 0.2) is 0 Å². The first kappa shape index (κ1) is 26.5. The second kappa shape index (κ2) is 11.0. The van der Waals surface area contributed by atoms with Crippen molar-refractivity contribution in [1.29, 1.82) is 0 Å². The van der Waals surface area contributed by atoms with Gasteiger partial charge in [0, 0.05) is 37.6 Å². The minimum absolute atomic E-state index is 0.0170. The highest BCUT2D eigenvalue weighted by Gasteiger charge is 2.35. The second-order valence-corrected chi connectivity index (χ2v) is 11.4. The zero-order valence-electron chi connectivity index (χ0n) is 22.7. The summed E-state index contributed by atoms with van der Waals surface area (Å²) in [6.07, 6.45) is 9.64. The van der Waals surface area contributed by atoms with Crippen molar-refractivity contribution >= 4 is 34.5 Å². The summed E-state index contributed by atoms with van der Waals surface area (Å²) in [4.78, 5) is 43.9. The molecule has 2 aliphatic rings. The van der Waals surface area contributed by atoms with Crippen LogP contribution in [0.4, 0.5) is 5.95 Å². The van der Waals surface area contributed by atoms with Crippen LogP contribution in [0, 0.1) is 11.8 Å². The summed E-state index contributed by atoms with van der Waals surface area (Å²) in [6, 6.07) is 3.33. The number of fused-ring (bicyclic) bond motifs is 1. The maximum atomic E-state index is 13.1. The minimum Gasteiger partial charge on any atom is -0.355 e. The molecule has 11 nitrogen and oxygen atoms in total. The number of aromatic nitrogens is 6. The van der Waals surface area contributed by atoms with E-state index in [2.05, 4.69) is 36.8 Å². The van der Waals surface area contributed by atoms with E-state index in [4.69, 9.17) is 26.1 Å². The number of anilines is 1. The Kier molecular flexibility index (Phi) is 7.31. The molecule has 0 unspecified atom stereocenters. The van der Waals surface area contributed by atoms with Gasteiger partial charge in [-0.15, -0.1) is 0 Å². The summed E-state index contributed by atoms with van der Waals surface area (Å²) in [5.41, 5.74) is 3.29. The lowest BCUT2D eigenvalue weighted by molar-refractivity contribution is -0.122. The third-order valence-electron chi connectivity index (χ3n) is 8.11. The van der Waals surface area contributed by atoms with Gasteiger partial charge in [-0.05, 0) is 56.6 Å². The SMILES string of the molecule is CCNC(=O)[C@H]1CCCN1c1nc2cc(-c3noc(=O)[nH]3)nc(-c3cncc(Cl)c3)c2n1C[C@H]1CC[C@H](C)CC1. The van der Waals surface area contributed by atoms with Gasteiger partial charge in [-0.25, -0.2) is 14.8 Å². The second-order valence-electron chi connectivity index (χ2n) is 11.0. The van der Waals surface area contributed by atoms with E-state index in [1.54, 1.807) is 12.4 Å². The van der Waals surface area contributed by atoms with Gasteiger partial charge >= 0.3 is 5.76 Å². The van der Waals surface area contributed by atoms with Crippen molar-refractivity contribution in [3.63, 3.8) is 0 Å². The van der Waals surface area contributed by atoms with Gasteiger partial charge < -0.3 is 14.8 Å². The average molecular weight is 565 g/mol. The summed E-state index contributed by atoms with van der Waals surface area (Å²) in [5.74, 6) is 1.53. The van der Waals surface area contributed by atoms with Crippen molar-refractivity contribution < 1.29 is 9.32 Å².